The van der Waals surface area contributed by atoms with Crippen LogP contribution < -0.4 is 104 Å². The Kier molecular flexibility index (Phi) is 101. The number of carboxylic acids is 1. The van der Waals surface area contributed by atoms with E-state index >= 15 is 0 Å². The molecule has 0 atom stereocenters. The fourth-order valence-electron chi connectivity index (χ4n) is 3.65. The van der Waals surface area contributed by atoms with Crippen molar-refractivity contribution in [3.63, 3.8) is 0 Å². The van der Waals surface area contributed by atoms with E-state index in [0.717, 1.165) is 127 Å². The van der Waals surface area contributed by atoms with Crippen LogP contribution in [0.2, 0.25) is 12.1 Å². The summed E-state index contributed by atoms with van der Waals surface area (Å²) in [6, 6.07) is 13.3. The number of rotatable bonds is 32. The minimum atomic E-state index is -2.40. The van der Waals surface area contributed by atoms with Gasteiger partial charge in [0.25, 0.3) is 16.4 Å². The first kappa shape index (κ1) is 94.9. The third-order valence-corrected chi connectivity index (χ3v) is 22.1. The number of pyridine rings is 2. The van der Waals surface area contributed by atoms with E-state index in [1.54, 1.807) is 119 Å². The maximum absolute atomic E-state index is 9.50. The van der Waals surface area contributed by atoms with Crippen LogP contribution in [0.1, 0.15) is 26.2 Å². The van der Waals surface area contributed by atoms with Crippen molar-refractivity contribution in [1.29, 1.82) is 0 Å². The topological polar surface area (TPSA) is 296 Å². The number of nitrogens with zero attached hydrogens (tertiary/aromatic N) is 3. The monoisotopic (exact) mass is 1340 g/mol. The van der Waals surface area contributed by atoms with E-state index in [2.05, 4.69) is 74.4 Å². The molecule has 0 spiro atoms. The average molecular weight is 1340 g/mol. The van der Waals surface area contributed by atoms with Crippen LogP contribution in [-0.4, -0.2) is 163 Å². The molecule has 75 heavy (non-hydrogen) atoms. The summed E-state index contributed by atoms with van der Waals surface area (Å²) in [5.41, 5.74) is 0. The van der Waals surface area contributed by atoms with Gasteiger partial charge >= 0.3 is 111 Å². The van der Waals surface area contributed by atoms with Gasteiger partial charge in [-0.25, -0.2) is 15.0 Å². The van der Waals surface area contributed by atoms with E-state index in [1.807, 2.05) is 48.7 Å². The zero-order valence-corrected chi connectivity index (χ0v) is 61.5. The molecular formula is C37H69N3Na3O19S11Si2+. The minimum Gasteiger partial charge on any atom is -0.691 e. The standard InChI is InChI=1S/C10H9N2S2.C8H20O6S3Si.C7H9NO3S3.C6H16O3SSi.C2H6O3S2.C2H4O2.2CH4O.3Na/c1-3-7-11-9(5-1)13-14-10-6-2-4-8-12-10;1-10-18(11-2,12-3)8-4-5-16-17-7-6-15-14-13-9;9-10-11-12-5-6-13-14-7-3-1-2-4-8-7;1-7-11(8-2,9-3)6-4-5-10;3-4-5-7-2-1-6;1-2(3)4;2*1-2;;;/h1-3,5-8H,4H2;9H,4-8H2,1-3H3;1-4,9H,5-6H2;10H,4-6H2,1-3H3;3,6H,1-2H2;1H3,(H,3,4);2*2H,1H3;;;/q+1;;;;;;;;3*+1/p-3. The summed E-state index contributed by atoms with van der Waals surface area (Å²) in [5, 5.41) is 60.8. The number of aromatic nitrogens is 2. The third kappa shape index (κ3) is 69.9. The van der Waals surface area contributed by atoms with Crippen molar-refractivity contribution >= 4 is 161 Å². The summed E-state index contributed by atoms with van der Waals surface area (Å²) in [4.78, 5) is 22.7. The zero-order chi connectivity index (χ0) is 55.3. The molecule has 422 valence electrons. The fraction of sp³-hybridized carbons (Fsp3) is 0.595. The smallest absolute Gasteiger partial charge is 0.691 e. The van der Waals surface area contributed by atoms with Crippen LogP contribution >= 0.6 is 115 Å². The first-order chi connectivity index (χ1) is 35.0. The Balaban J connectivity index is -0.000000121. The Morgan fingerprint density at radius 2 is 1.07 bits per heavy atom. The summed E-state index contributed by atoms with van der Waals surface area (Å²) in [5.74, 6) is 5.50. The molecule has 0 unspecified atom stereocenters. The van der Waals surface area contributed by atoms with Crippen LogP contribution in [0.4, 0.5) is 0 Å². The molecule has 0 fully saturated rings. The summed E-state index contributed by atoms with van der Waals surface area (Å²) >= 11 is 10.9. The van der Waals surface area contributed by atoms with E-state index in [9.17, 15) is 10.5 Å². The second-order valence-electron chi connectivity index (χ2n) is 11.0. The van der Waals surface area contributed by atoms with Gasteiger partial charge in [-0.3, -0.25) is 19.9 Å². The quantitative estimate of drug-likeness (QED) is 0.00556. The number of carbonyl (C=O) groups is 1. The number of carboxylic acid groups (broad SMARTS) is 1. The van der Waals surface area contributed by atoms with Crippen LogP contribution in [0.3, 0.4) is 0 Å². The molecule has 0 saturated carbocycles. The number of dihydropyridines is 1. The van der Waals surface area contributed by atoms with Crippen LogP contribution in [0.5, 0.6) is 0 Å². The maximum Gasteiger partial charge on any atom is 1.00 e. The Labute approximate surface area is 559 Å². The van der Waals surface area contributed by atoms with E-state index < -0.39 is 23.6 Å². The molecule has 1 aliphatic heterocycles. The van der Waals surface area contributed by atoms with E-state index in [4.69, 9.17) is 51.9 Å². The van der Waals surface area contributed by atoms with Crippen LogP contribution in [0, 0.1) is 0 Å². The zero-order valence-electron chi connectivity index (χ0n) is 44.3. The fourth-order valence-corrected chi connectivity index (χ4v) is 15.4. The number of aliphatic hydroxyl groups excluding tert-OH is 2. The van der Waals surface area contributed by atoms with Gasteiger partial charge in [0.2, 0.25) is 10.8 Å². The molecule has 38 heteroatoms. The second-order valence-corrected chi connectivity index (χ2v) is 27.7. The Hall–Kier alpha value is 3.52. The predicted octanol–water partition coefficient (Wildman–Crippen LogP) is -3.17. The van der Waals surface area contributed by atoms with Gasteiger partial charge in [-0.15, -0.1) is 0 Å². The van der Waals surface area contributed by atoms with E-state index in [-0.39, 0.29) is 88.7 Å². The largest absolute Gasteiger partial charge is 1.00 e. The number of hydrogen-bond donors (Lipinski definition) is 5. The molecule has 0 saturated heterocycles. The molecule has 3 N–H and O–H groups in total. The van der Waals surface area contributed by atoms with Crippen molar-refractivity contribution in [3.05, 3.63) is 60.9 Å². The number of allylic oxidation sites excluding steroid dienone is 1. The summed E-state index contributed by atoms with van der Waals surface area (Å²) in [6.45, 7) is 1.08. The Morgan fingerprint density at radius 1 is 0.640 bits per heavy atom. The van der Waals surface area contributed by atoms with Gasteiger partial charge in [0.15, 0.2) is 5.03 Å². The molecule has 2 aromatic heterocycles. The average Bonchev–Trinajstić information content (AvgIpc) is 3.43. The summed E-state index contributed by atoms with van der Waals surface area (Å²) < 4.78 is 43.7. The molecule has 3 heterocycles. The molecule has 22 nitrogen and oxygen atoms in total. The van der Waals surface area contributed by atoms with Crippen molar-refractivity contribution in [2.75, 3.05) is 103 Å². The molecule has 0 aromatic carbocycles. The molecule has 0 radical (unpaired) electrons. The van der Waals surface area contributed by atoms with Crippen LogP contribution in [0.25, 0.3) is 0 Å². The number of thiol groups is 2. The normalized spacial score (nSPS) is 11.2. The molecule has 1 aliphatic rings. The van der Waals surface area contributed by atoms with Gasteiger partial charge in [0.1, 0.15) is 5.03 Å². The Bertz CT molecular complexity index is 1450. The molecule has 0 aliphatic carbocycles. The van der Waals surface area contributed by atoms with Crippen molar-refractivity contribution in [1.82, 2.24) is 9.97 Å². The number of aliphatic imine (C=N–C) groups is 1. The minimum absolute atomic E-state index is 0. The van der Waals surface area contributed by atoms with Crippen molar-refractivity contribution in [2.24, 2.45) is 4.99 Å². The van der Waals surface area contributed by atoms with Gasteiger partial charge in [-0.05, 0) is 53.7 Å². The van der Waals surface area contributed by atoms with Crippen LogP contribution in [-0.2, 0) is 69.8 Å². The first-order valence-corrected chi connectivity index (χ1v) is 35.0. The van der Waals surface area contributed by atoms with Gasteiger partial charge in [0.05, 0.1) is 0 Å². The Morgan fingerprint density at radius 3 is 1.45 bits per heavy atom. The van der Waals surface area contributed by atoms with Gasteiger partial charge in [-0.1, -0.05) is 50.6 Å². The number of hydrogen-bond acceptors (Lipinski definition) is 30. The van der Waals surface area contributed by atoms with Crippen molar-refractivity contribution in [3.8, 4) is 0 Å². The van der Waals surface area contributed by atoms with Crippen LogP contribution in [0.15, 0.2) is 76.0 Å². The maximum atomic E-state index is 9.50. The molecule has 3 rings (SSSR count). The first-order valence-electron chi connectivity index (χ1n) is 20.1. The van der Waals surface area contributed by atoms with E-state index in [0.29, 0.717) is 23.0 Å². The second kappa shape index (κ2) is 79.6. The predicted molar refractivity (Wildman–Crippen MR) is 306 cm³/mol. The molecule has 2 aromatic rings. The van der Waals surface area contributed by atoms with Crippen molar-refractivity contribution < 1.29 is 179 Å². The summed E-state index contributed by atoms with van der Waals surface area (Å²) in [7, 11) is 17.1. The molecule has 0 amide bonds. The van der Waals surface area contributed by atoms with Gasteiger partial charge in [0, 0.05) is 183 Å². The van der Waals surface area contributed by atoms with Crippen molar-refractivity contribution in [2.45, 2.75) is 48.3 Å². The van der Waals surface area contributed by atoms with E-state index in [1.165, 1.54) is 0 Å². The molecular weight excluding hydrogens is 1270 g/mol. The van der Waals surface area contributed by atoms with Gasteiger partial charge in [-0.2, -0.15) is 38.3 Å². The third-order valence-electron chi connectivity index (χ3n) is 6.56. The SMILES string of the molecule is C1=CC(=[S+]Sc2ccccn2)N=CC1.CC(=O)O.CO.CO.CO[Si](CCCS)(OC)OC.CO[Si](CCCSSCCSOO[O-])(OC)OC.[Na+].[Na+].[Na+].[O-]OOSCCS.[O-]OOSCCSSc1ccccn1. The number of aliphatic hydroxyl groups is 2. The summed E-state index contributed by atoms with van der Waals surface area (Å²) in [6.07, 6.45) is 12.5. The molecule has 0 bridgehead atoms. The number of aliphatic carboxylic acids is 1. The van der Waals surface area contributed by atoms with Gasteiger partial charge < -0.3 is 57.6 Å².